The number of amides is 3. The molecule has 1 aliphatic carbocycles. The van der Waals surface area contributed by atoms with Crippen molar-refractivity contribution in [3.63, 3.8) is 0 Å². The summed E-state index contributed by atoms with van der Waals surface area (Å²) in [5, 5.41) is 5.55. The molecule has 1 saturated carbocycles. The summed E-state index contributed by atoms with van der Waals surface area (Å²) in [5.41, 5.74) is 4.74. The number of hydrogen-bond acceptors (Lipinski definition) is 3. The van der Waals surface area contributed by atoms with Crippen LogP contribution in [-0.4, -0.2) is 67.9 Å². The molecular formula is C26H42FN5O3+2. The van der Waals surface area contributed by atoms with Crippen molar-refractivity contribution in [3.05, 3.63) is 29.6 Å². The Bertz CT molecular complexity index is 897. The fourth-order valence-corrected chi connectivity index (χ4v) is 5.07. The molecule has 1 aromatic rings. The Morgan fingerprint density at radius 1 is 1.17 bits per heavy atom. The lowest BCUT2D eigenvalue weighted by atomic mass is 9.84. The van der Waals surface area contributed by atoms with Crippen LogP contribution in [0.5, 0.6) is 0 Å². The zero-order chi connectivity index (χ0) is 25.5. The predicted molar refractivity (Wildman–Crippen MR) is 132 cm³/mol. The molecule has 1 heterocycles. The number of likely N-dealkylation sites (N-methyl/N-ethyl adjacent to an activating group) is 1. The van der Waals surface area contributed by atoms with Gasteiger partial charge in [-0.1, -0.05) is 39.2 Å². The summed E-state index contributed by atoms with van der Waals surface area (Å²) in [7, 11) is 2.09. The van der Waals surface area contributed by atoms with E-state index in [4.69, 9.17) is 0 Å². The smallest absolute Gasteiger partial charge is 0.282 e. The second-order valence-electron chi connectivity index (χ2n) is 10.2. The molecule has 0 radical (unpaired) electrons. The maximum absolute atomic E-state index is 15.0. The fourth-order valence-electron chi connectivity index (χ4n) is 5.07. The van der Waals surface area contributed by atoms with Crippen molar-refractivity contribution in [2.45, 2.75) is 70.4 Å². The van der Waals surface area contributed by atoms with Crippen molar-refractivity contribution in [2.24, 2.45) is 5.92 Å². The number of nitrogens with one attached hydrogen (secondary N) is 3. The number of halogens is 1. The fraction of sp³-hybridized carbons (Fsp3) is 0.654. The molecule has 1 aliphatic heterocycles. The van der Waals surface area contributed by atoms with Gasteiger partial charge in [0.05, 0.1) is 38.9 Å². The number of carbonyl (C=O) groups excluding carboxylic acids is 3. The zero-order valence-electron chi connectivity index (χ0n) is 21.4. The molecule has 3 atom stereocenters. The van der Waals surface area contributed by atoms with Crippen LogP contribution in [0.3, 0.4) is 0 Å². The highest BCUT2D eigenvalue weighted by molar-refractivity contribution is 5.94. The van der Waals surface area contributed by atoms with Crippen LogP contribution in [0.4, 0.5) is 10.1 Å². The Morgan fingerprint density at radius 3 is 2.43 bits per heavy atom. The van der Waals surface area contributed by atoms with Gasteiger partial charge in [0, 0.05) is 18.3 Å². The van der Waals surface area contributed by atoms with E-state index < -0.39 is 23.8 Å². The van der Waals surface area contributed by atoms with Gasteiger partial charge < -0.3 is 26.2 Å². The molecular weight excluding hydrogens is 449 g/mol. The lowest BCUT2D eigenvalue weighted by molar-refractivity contribution is -0.883. The van der Waals surface area contributed by atoms with E-state index in [9.17, 15) is 14.4 Å². The Hall–Kier alpha value is -2.52. The number of carbonyl (C=O) groups is 3. The summed E-state index contributed by atoms with van der Waals surface area (Å²) in [5.74, 6) is -1.39. The van der Waals surface area contributed by atoms with E-state index in [0.717, 1.165) is 38.8 Å². The maximum atomic E-state index is 15.0. The van der Waals surface area contributed by atoms with E-state index in [2.05, 4.69) is 23.4 Å². The minimum absolute atomic E-state index is 0.109. The minimum atomic E-state index is -0.781. The Labute approximate surface area is 207 Å². The van der Waals surface area contributed by atoms with Crippen LogP contribution in [-0.2, 0) is 14.4 Å². The molecule has 0 spiro atoms. The molecule has 0 aromatic heterocycles. The molecule has 8 nitrogen and oxygen atoms in total. The van der Waals surface area contributed by atoms with Gasteiger partial charge in [-0.25, -0.2) is 4.39 Å². The first-order valence-corrected chi connectivity index (χ1v) is 13.0. The third-order valence-corrected chi connectivity index (χ3v) is 7.66. The summed E-state index contributed by atoms with van der Waals surface area (Å²) in [4.78, 5) is 41.4. The monoisotopic (exact) mass is 491 g/mol. The molecule has 3 amide bonds. The highest BCUT2D eigenvalue weighted by Crippen LogP contribution is 2.28. The minimum Gasteiger partial charge on any atom is -0.347 e. The van der Waals surface area contributed by atoms with Gasteiger partial charge in [-0.2, -0.15) is 0 Å². The first kappa shape index (κ1) is 27.1. The summed E-state index contributed by atoms with van der Waals surface area (Å²) in [6.07, 6.45) is 5.62. The van der Waals surface area contributed by atoms with Crippen LogP contribution >= 0.6 is 0 Å². The number of benzene rings is 1. The van der Waals surface area contributed by atoms with Crippen molar-refractivity contribution in [1.29, 1.82) is 0 Å². The molecule has 194 valence electrons. The third kappa shape index (κ3) is 7.01. The van der Waals surface area contributed by atoms with E-state index in [1.807, 2.05) is 6.92 Å². The van der Waals surface area contributed by atoms with Gasteiger partial charge >= 0.3 is 0 Å². The summed E-state index contributed by atoms with van der Waals surface area (Å²) >= 11 is 0. The number of hydrogen-bond donors (Lipinski definition) is 4. The van der Waals surface area contributed by atoms with E-state index in [0.29, 0.717) is 18.7 Å². The topological polar surface area (TPSA) is 111 Å². The second kappa shape index (κ2) is 12.4. The summed E-state index contributed by atoms with van der Waals surface area (Å²) < 4.78 is 15.0. The van der Waals surface area contributed by atoms with Gasteiger partial charge in [0.15, 0.2) is 6.04 Å². The van der Waals surface area contributed by atoms with Crippen LogP contribution in [0, 0.1) is 11.7 Å². The van der Waals surface area contributed by atoms with E-state index in [-0.39, 0.29) is 35.7 Å². The molecule has 9 heteroatoms. The quantitative estimate of drug-likeness (QED) is 0.420. The van der Waals surface area contributed by atoms with Crippen LogP contribution in [0.1, 0.15) is 63.9 Å². The third-order valence-electron chi connectivity index (χ3n) is 7.66. The Morgan fingerprint density at radius 2 is 1.83 bits per heavy atom. The average Bonchev–Trinajstić information content (AvgIpc) is 2.87. The van der Waals surface area contributed by atoms with E-state index in [1.165, 1.54) is 23.5 Å². The van der Waals surface area contributed by atoms with Crippen molar-refractivity contribution in [3.8, 4) is 0 Å². The van der Waals surface area contributed by atoms with Gasteiger partial charge in [-0.05, 0) is 30.5 Å². The van der Waals surface area contributed by atoms with Crippen molar-refractivity contribution in [2.75, 3.05) is 38.5 Å². The summed E-state index contributed by atoms with van der Waals surface area (Å²) in [6.45, 7) is 6.52. The predicted octanol–water partition coefficient (Wildman–Crippen LogP) is 0.310. The molecule has 0 bridgehead atoms. The van der Waals surface area contributed by atoms with Crippen LogP contribution < -0.4 is 21.3 Å². The molecule has 35 heavy (non-hydrogen) atoms. The first-order chi connectivity index (χ1) is 16.7. The van der Waals surface area contributed by atoms with Gasteiger partial charge in [0.25, 0.3) is 5.91 Å². The zero-order valence-corrected chi connectivity index (χ0v) is 21.4. The van der Waals surface area contributed by atoms with Crippen LogP contribution in [0.25, 0.3) is 0 Å². The lowest BCUT2D eigenvalue weighted by Crippen LogP contribution is -3.12. The van der Waals surface area contributed by atoms with Gasteiger partial charge in [-0.15, -0.1) is 0 Å². The number of nitrogens with zero attached hydrogens (tertiary/aromatic N) is 1. The van der Waals surface area contributed by atoms with Gasteiger partial charge in [-0.3, -0.25) is 14.4 Å². The highest BCUT2D eigenvalue weighted by atomic mass is 19.1. The van der Waals surface area contributed by atoms with Crippen LogP contribution in [0.15, 0.2) is 18.2 Å². The SMILES string of the molecule is CCC(=O)N[C@@H](C(=O)N1CC[NH+](C)CC1)[C@@H](C)c1ccc(NC(=O)[C@@H]([NH3+])C2CCCCC2)c(F)c1. The molecule has 1 aromatic carbocycles. The lowest BCUT2D eigenvalue weighted by Gasteiger charge is -2.34. The van der Waals surface area contributed by atoms with Gasteiger partial charge in [0.2, 0.25) is 11.8 Å². The maximum Gasteiger partial charge on any atom is 0.282 e. The van der Waals surface area contributed by atoms with Crippen LogP contribution in [0.2, 0.25) is 0 Å². The number of quaternary nitrogens is 2. The number of rotatable bonds is 8. The van der Waals surface area contributed by atoms with Crippen molar-refractivity contribution < 1.29 is 29.4 Å². The van der Waals surface area contributed by atoms with E-state index >= 15 is 4.39 Å². The molecule has 2 fully saturated rings. The average molecular weight is 492 g/mol. The first-order valence-electron chi connectivity index (χ1n) is 13.0. The molecule has 0 unspecified atom stereocenters. The molecule has 2 aliphatic rings. The highest BCUT2D eigenvalue weighted by Gasteiger charge is 2.34. The Kier molecular flexibility index (Phi) is 9.63. The number of piperazine rings is 1. The number of anilines is 1. The second-order valence-corrected chi connectivity index (χ2v) is 10.2. The summed E-state index contributed by atoms with van der Waals surface area (Å²) in [6, 6.07) is 3.41. The standard InChI is InChI=1S/C26H40FN5O3/c1-4-22(33)30-24(26(35)32-14-12-31(3)13-15-32)17(2)19-10-11-21(20(27)16-19)29-25(34)23(28)18-8-6-5-7-9-18/h10-11,16-18,23-24H,4-9,12-15,28H2,1-3H3,(H,29,34)(H,30,33)/p+2/t17-,23-,24+/m0/s1. The Balaban J connectivity index is 1.72. The molecule has 6 N–H and O–H groups in total. The molecule has 1 saturated heterocycles. The van der Waals surface area contributed by atoms with Gasteiger partial charge in [0.1, 0.15) is 11.9 Å². The van der Waals surface area contributed by atoms with E-state index in [1.54, 1.807) is 17.9 Å². The normalized spacial score (nSPS) is 20.1. The largest absolute Gasteiger partial charge is 0.347 e. The van der Waals surface area contributed by atoms with Crippen molar-refractivity contribution in [1.82, 2.24) is 10.2 Å². The van der Waals surface area contributed by atoms with Crippen molar-refractivity contribution >= 4 is 23.4 Å². The molecule has 3 rings (SSSR count).